The lowest BCUT2D eigenvalue weighted by Gasteiger charge is -2.27. The molecule has 0 aromatic carbocycles. The standard InChI is InChI=1S/C10H15NOS.ClH/c1-7(11-2)9-10-8(3-5-12-9)4-6-13-10;/h4,6-7,9,11H,3,5H2,1-2H3;1H/t7-,9?;/m0./s1. The van der Waals surface area contributed by atoms with E-state index in [9.17, 15) is 0 Å². The van der Waals surface area contributed by atoms with Crippen LogP contribution in [-0.2, 0) is 11.2 Å². The third kappa shape index (κ3) is 2.11. The van der Waals surface area contributed by atoms with Crippen LogP contribution in [0.2, 0.25) is 0 Å². The summed E-state index contributed by atoms with van der Waals surface area (Å²) < 4.78 is 5.76. The van der Waals surface area contributed by atoms with Crippen LogP contribution in [0.4, 0.5) is 0 Å². The number of rotatable bonds is 2. The second-order valence-electron chi connectivity index (χ2n) is 3.43. The minimum absolute atomic E-state index is 0. The highest BCUT2D eigenvalue weighted by molar-refractivity contribution is 7.10. The zero-order valence-corrected chi connectivity index (χ0v) is 10.1. The Morgan fingerprint density at radius 2 is 2.43 bits per heavy atom. The molecule has 0 saturated carbocycles. The fraction of sp³-hybridized carbons (Fsp3) is 0.600. The van der Waals surface area contributed by atoms with Gasteiger partial charge >= 0.3 is 0 Å². The van der Waals surface area contributed by atoms with Gasteiger partial charge in [-0.2, -0.15) is 0 Å². The molecule has 1 aromatic rings. The van der Waals surface area contributed by atoms with E-state index in [1.54, 1.807) is 0 Å². The molecule has 80 valence electrons. The van der Waals surface area contributed by atoms with Crippen molar-refractivity contribution >= 4 is 23.7 Å². The van der Waals surface area contributed by atoms with Crippen molar-refractivity contribution in [2.45, 2.75) is 25.5 Å². The minimum Gasteiger partial charge on any atom is -0.371 e. The first-order valence-electron chi connectivity index (χ1n) is 4.68. The van der Waals surface area contributed by atoms with Gasteiger partial charge in [-0.05, 0) is 37.4 Å². The van der Waals surface area contributed by atoms with Gasteiger partial charge in [0.25, 0.3) is 0 Å². The second kappa shape index (κ2) is 5.12. The maximum Gasteiger partial charge on any atom is 0.107 e. The maximum atomic E-state index is 5.76. The summed E-state index contributed by atoms with van der Waals surface area (Å²) in [7, 11) is 1.98. The Hall–Kier alpha value is -0.0900. The Bertz CT molecular complexity index is 289. The first-order chi connectivity index (χ1) is 6.33. The van der Waals surface area contributed by atoms with Crippen LogP contribution in [-0.4, -0.2) is 19.7 Å². The summed E-state index contributed by atoms with van der Waals surface area (Å²) in [6.07, 6.45) is 1.33. The van der Waals surface area contributed by atoms with Crippen molar-refractivity contribution < 1.29 is 4.74 Å². The molecule has 2 rings (SSSR count). The molecule has 0 aliphatic carbocycles. The number of nitrogens with one attached hydrogen (secondary N) is 1. The highest BCUT2D eigenvalue weighted by atomic mass is 35.5. The minimum atomic E-state index is 0. The van der Waals surface area contributed by atoms with Crippen LogP contribution in [0.15, 0.2) is 11.4 Å². The molecule has 1 aromatic heterocycles. The van der Waals surface area contributed by atoms with Crippen LogP contribution >= 0.6 is 23.7 Å². The van der Waals surface area contributed by atoms with Crippen LogP contribution in [0, 0.1) is 0 Å². The molecule has 2 heterocycles. The highest BCUT2D eigenvalue weighted by Gasteiger charge is 2.26. The van der Waals surface area contributed by atoms with Gasteiger partial charge in [0.15, 0.2) is 0 Å². The molecule has 2 atom stereocenters. The molecule has 0 spiro atoms. The van der Waals surface area contributed by atoms with Crippen molar-refractivity contribution in [3.05, 3.63) is 21.9 Å². The zero-order valence-electron chi connectivity index (χ0n) is 8.45. The van der Waals surface area contributed by atoms with Crippen molar-refractivity contribution in [2.75, 3.05) is 13.7 Å². The number of hydrogen-bond donors (Lipinski definition) is 1. The topological polar surface area (TPSA) is 21.3 Å². The number of hydrogen-bond acceptors (Lipinski definition) is 3. The van der Waals surface area contributed by atoms with Crippen molar-refractivity contribution in [2.24, 2.45) is 0 Å². The van der Waals surface area contributed by atoms with E-state index in [1.807, 2.05) is 18.4 Å². The summed E-state index contributed by atoms with van der Waals surface area (Å²) in [4.78, 5) is 1.41. The van der Waals surface area contributed by atoms with Gasteiger partial charge in [0.05, 0.1) is 6.61 Å². The van der Waals surface area contributed by atoms with Crippen molar-refractivity contribution in [3.8, 4) is 0 Å². The summed E-state index contributed by atoms with van der Waals surface area (Å²) in [5.41, 5.74) is 1.48. The maximum absolute atomic E-state index is 5.76. The second-order valence-corrected chi connectivity index (χ2v) is 4.38. The first kappa shape index (κ1) is 12.0. The lowest BCUT2D eigenvalue weighted by Crippen LogP contribution is -2.32. The van der Waals surface area contributed by atoms with Gasteiger partial charge in [0.1, 0.15) is 6.10 Å². The van der Waals surface area contributed by atoms with Crippen molar-refractivity contribution in [3.63, 3.8) is 0 Å². The fourth-order valence-electron chi connectivity index (χ4n) is 1.70. The molecule has 0 radical (unpaired) electrons. The van der Waals surface area contributed by atoms with Gasteiger partial charge in [-0.1, -0.05) is 0 Å². The molecule has 0 fully saturated rings. The van der Waals surface area contributed by atoms with Crippen LogP contribution in [0.5, 0.6) is 0 Å². The Balaban J connectivity index is 0.000000980. The van der Waals surface area contributed by atoms with Gasteiger partial charge in [-0.15, -0.1) is 23.7 Å². The third-order valence-corrected chi connectivity index (χ3v) is 3.64. The number of thiophene rings is 1. The molecule has 4 heteroatoms. The molecule has 14 heavy (non-hydrogen) atoms. The predicted molar refractivity (Wildman–Crippen MR) is 62.5 cm³/mol. The Morgan fingerprint density at radius 3 is 3.14 bits per heavy atom. The molecule has 0 saturated heterocycles. The molecule has 2 nitrogen and oxygen atoms in total. The average molecular weight is 234 g/mol. The fourth-order valence-corrected chi connectivity index (χ4v) is 2.80. The van der Waals surface area contributed by atoms with E-state index in [1.165, 1.54) is 10.4 Å². The summed E-state index contributed by atoms with van der Waals surface area (Å²) >= 11 is 1.81. The summed E-state index contributed by atoms with van der Waals surface area (Å²) in [5.74, 6) is 0. The summed E-state index contributed by atoms with van der Waals surface area (Å²) in [6.45, 7) is 3.03. The summed E-state index contributed by atoms with van der Waals surface area (Å²) in [5, 5.41) is 5.41. The zero-order chi connectivity index (χ0) is 9.26. The normalized spacial score (nSPS) is 22.3. The van der Waals surface area contributed by atoms with E-state index in [4.69, 9.17) is 4.74 Å². The largest absolute Gasteiger partial charge is 0.371 e. The quantitative estimate of drug-likeness (QED) is 0.847. The monoisotopic (exact) mass is 233 g/mol. The van der Waals surface area contributed by atoms with Gasteiger partial charge in [-0.3, -0.25) is 0 Å². The van der Waals surface area contributed by atoms with Crippen molar-refractivity contribution in [1.29, 1.82) is 0 Å². The van der Waals surface area contributed by atoms with Gasteiger partial charge < -0.3 is 10.1 Å². The number of fused-ring (bicyclic) bond motifs is 1. The van der Waals surface area contributed by atoms with Crippen LogP contribution in [0.1, 0.15) is 23.5 Å². The molecule has 1 aliphatic rings. The van der Waals surface area contributed by atoms with E-state index in [2.05, 4.69) is 23.7 Å². The van der Waals surface area contributed by atoms with Crippen LogP contribution in [0.3, 0.4) is 0 Å². The molecule has 0 amide bonds. The number of halogens is 1. The van der Waals surface area contributed by atoms with Crippen molar-refractivity contribution in [1.82, 2.24) is 5.32 Å². The number of likely N-dealkylation sites (N-methyl/N-ethyl adjacent to an activating group) is 1. The predicted octanol–water partition coefficient (Wildman–Crippen LogP) is 2.39. The Morgan fingerprint density at radius 1 is 1.64 bits per heavy atom. The van der Waals surface area contributed by atoms with E-state index < -0.39 is 0 Å². The molecular formula is C10H16ClNOS. The van der Waals surface area contributed by atoms with Crippen LogP contribution < -0.4 is 5.32 Å². The highest BCUT2D eigenvalue weighted by Crippen LogP contribution is 2.33. The molecule has 1 aliphatic heterocycles. The third-order valence-electron chi connectivity index (χ3n) is 2.62. The smallest absolute Gasteiger partial charge is 0.107 e. The number of ether oxygens (including phenoxy) is 1. The van der Waals surface area contributed by atoms with Gasteiger partial charge in [0.2, 0.25) is 0 Å². The first-order valence-corrected chi connectivity index (χ1v) is 5.56. The van der Waals surface area contributed by atoms with Gasteiger partial charge in [-0.25, -0.2) is 0 Å². The van der Waals surface area contributed by atoms with Crippen LogP contribution in [0.25, 0.3) is 0 Å². The lowest BCUT2D eigenvalue weighted by molar-refractivity contribution is 0.0245. The molecule has 1 N–H and O–H groups in total. The van der Waals surface area contributed by atoms with E-state index >= 15 is 0 Å². The lowest BCUT2D eigenvalue weighted by atomic mass is 10.0. The molecule has 0 bridgehead atoms. The van der Waals surface area contributed by atoms with E-state index in [0.29, 0.717) is 6.04 Å². The Labute approximate surface area is 95.1 Å². The van der Waals surface area contributed by atoms with E-state index in [-0.39, 0.29) is 18.5 Å². The molecular weight excluding hydrogens is 218 g/mol. The Kier molecular flexibility index (Phi) is 4.38. The van der Waals surface area contributed by atoms with E-state index in [0.717, 1.165) is 13.0 Å². The average Bonchev–Trinajstić information content (AvgIpc) is 2.63. The molecule has 1 unspecified atom stereocenters. The summed E-state index contributed by atoms with van der Waals surface area (Å²) in [6, 6.07) is 2.62. The van der Waals surface area contributed by atoms with Gasteiger partial charge in [0, 0.05) is 10.9 Å². The SMILES string of the molecule is CN[C@@H](C)C1OCCc2ccsc21.Cl.